The maximum absolute atomic E-state index is 14.1. The highest BCUT2D eigenvalue weighted by Gasteiger charge is 2.23. The Hall–Kier alpha value is -5.08. The van der Waals surface area contributed by atoms with Gasteiger partial charge < -0.3 is 20.7 Å². The Balaban J connectivity index is 1.69. The number of benzene rings is 2. The third kappa shape index (κ3) is 5.18. The number of para-hydroxylation sites is 1. The number of hydrogen-bond acceptors (Lipinski definition) is 10. The summed E-state index contributed by atoms with van der Waals surface area (Å²) in [5.74, 6) is 7.27. The Morgan fingerprint density at radius 1 is 1.10 bits per heavy atom. The molecule has 0 aliphatic rings. The molecule has 0 saturated carbocycles. The van der Waals surface area contributed by atoms with Crippen molar-refractivity contribution < 1.29 is 9.63 Å². The summed E-state index contributed by atoms with van der Waals surface area (Å²) in [4.78, 5) is 31.7. The van der Waals surface area contributed by atoms with Crippen molar-refractivity contribution >= 4 is 22.5 Å². The molecule has 0 radical (unpaired) electrons. The first kappa shape index (κ1) is 25.6. The van der Waals surface area contributed by atoms with Crippen LogP contribution in [0.1, 0.15) is 44.0 Å². The fraction of sp³-hybridized carbons (Fsp3) is 0.214. The van der Waals surface area contributed by atoms with Gasteiger partial charge in [-0.3, -0.25) is 9.36 Å². The zero-order chi connectivity index (χ0) is 27.7. The summed E-state index contributed by atoms with van der Waals surface area (Å²) >= 11 is 0. The molecule has 11 nitrogen and oxygen atoms in total. The van der Waals surface area contributed by atoms with E-state index in [0.29, 0.717) is 45.2 Å². The molecule has 5 aromatic rings. The van der Waals surface area contributed by atoms with E-state index in [1.165, 1.54) is 10.9 Å². The summed E-state index contributed by atoms with van der Waals surface area (Å²) in [6.07, 6.45) is 1.32. The molecule has 3 aromatic heterocycles. The number of nitrogens with zero attached hydrogens (tertiary/aromatic N) is 6. The van der Waals surface area contributed by atoms with Crippen LogP contribution < -0.4 is 16.6 Å². The van der Waals surface area contributed by atoms with Crippen LogP contribution in [-0.2, 0) is 0 Å². The minimum absolute atomic E-state index is 0.158. The summed E-state index contributed by atoms with van der Waals surface area (Å²) in [6.45, 7) is 6.72. The van der Waals surface area contributed by atoms with Gasteiger partial charge in [0.15, 0.2) is 5.82 Å². The number of hydrogen-bond donors (Lipinski definition) is 3. The molecule has 0 unspecified atom stereocenters. The van der Waals surface area contributed by atoms with Crippen molar-refractivity contribution in [2.75, 3.05) is 11.1 Å². The average molecular weight is 523 g/mol. The Bertz CT molecular complexity index is 1790. The molecular weight excluding hydrogens is 496 g/mol. The lowest BCUT2D eigenvalue weighted by Crippen LogP contribution is -2.28. The molecule has 1 atom stereocenters. The van der Waals surface area contributed by atoms with Crippen LogP contribution in [0.15, 0.2) is 64.2 Å². The molecule has 2 aromatic carbocycles. The smallest absolute Gasteiger partial charge is 0.267 e. The number of nitrogens with two attached hydrogens (primary N) is 1. The van der Waals surface area contributed by atoms with Gasteiger partial charge in [-0.1, -0.05) is 41.3 Å². The van der Waals surface area contributed by atoms with Crippen LogP contribution in [0.25, 0.3) is 28.0 Å². The lowest BCUT2D eigenvalue weighted by molar-refractivity contribution is 0.143. The zero-order valence-corrected chi connectivity index (χ0v) is 21.8. The second kappa shape index (κ2) is 10.00. The second-order valence-corrected chi connectivity index (χ2v) is 9.45. The highest BCUT2D eigenvalue weighted by Crippen LogP contribution is 2.31. The van der Waals surface area contributed by atoms with Gasteiger partial charge in [-0.05, 0) is 52.0 Å². The van der Waals surface area contributed by atoms with Crippen molar-refractivity contribution in [1.29, 1.82) is 0 Å². The van der Waals surface area contributed by atoms with Crippen LogP contribution in [0.2, 0.25) is 0 Å². The molecular formula is C28H26N8O3. The Morgan fingerprint density at radius 2 is 1.87 bits per heavy atom. The van der Waals surface area contributed by atoms with Gasteiger partial charge in [-0.15, -0.1) is 0 Å². The molecule has 0 saturated heterocycles. The number of rotatable bonds is 5. The zero-order valence-electron chi connectivity index (χ0n) is 21.8. The third-order valence-corrected chi connectivity index (χ3v) is 5.80. The molecule has 0 amide bonds. The van der Waals surface area contributed by atoms with Gasteiger partial charge in [0, 0.05) is 5.56 Å². The normalized spacial score (nSPS) is 12.1. The molecule has 4 N–H and O–H groups in total. The van der Waals surface area contributed by atoms with Crippen LogP contribution in [-0.4, -0.2) is 40.4 Å². The van der Waals surface area contributed by atoms with Crippen LogP contribution in [0.3, 0.4) is 0 Å². The number of nitrogen functional groups attached to an aromatic ring is 1. The fourth-order valence-electron chi connectivity index (χ4n) is 4.08. The number of aromatic nitrogens is 6. The fourth-order valence-corrected chi connectivity index (χ4v) is 4.08. The second-order valence-electron chi connectivity index (χ2n) is 9.45. The maximum Gasteiger partial charge on any atom is 0.267 e. The first-order valence-electron chi connectivity index (χ1n) is 12.2. The first-order chi connectivity index (χ1) is 18.6. The topological polar surface area (TPSA) is 158 Å². The van der Waals surface area contributed by atoms with E-state index in [4.69, 9.17) is 15.2 Å². The van der Waals surface area contributed by atoms with E-state index in [0.717, 1.165) is 0 Å². The number of anilines is 2. The van der Waals surface area contributed by atoms with E-state index in [2.05, 4.69) is 37.3 Å². The van der Waals surface area contributed by atoms with Gasteiger partial charge in [0.25, 0.3) is 11.4 Å². The third-order valence-electron chi connectivity index (χ3n) is 5.80. The molecule has 39 heavy (non-hydrogen) atoms. The summed E-state index contributed by atoms with van der Waals surface area (Å²) in [5, 5.41) is 17.6. The molecule has 0 fully saturated rings. The van der Waals surface area contributed by atoms with Crippen LogP contribution in [0, 0.1) is 18.8 Å². The molecule has 5 rings (SSSR count). The van der Waals surface area contributed by atoms with Gasteiger partial charge in [0.1, 0.15) is 35.0 Å². The lowest BCUT2D eigenvalue weighted by atomic mass is 10.1. The molecule has 0 aliphatic heterocycles. The molecule has 11 heteroatoms. The summed E-state index contributed by atoms with van der Waals surface area (Å²) < 4.78 is 6.86. The van der Waals surface area contributed by atoms with E-state index in [9.17, 15) is 9.90 Å². The van der Waals surface area contributed by atoms with Crippen molar-refractivity contribution in [3.63, 3.8) is 0 Å². The van der Waals surface area contributed by atoms with Crippen molar-refractivity contribution in [3.8, 4) is 29.0 Å². The van der Waals surface area contributed by atoms with Crippen molar-refractivity contribution in [3.05, 3.63) is 82.4 Å². The minimum atomic E-state index is -1.22. The lowest BCUT2D eigenvalue weighted by Gasteiger charge is -2.21. The molecule has 0 aliphatic carbocycles. The number of aliphatic hydroxyl groups is 1. The van der Waals surface area contributed by atoms with Crippen molar-refractivity contribution in [1.82, 2.24) is 29.7 Å². The van der Waals surface area contributed by atoms with Crippen LogP contribution in [0.5, 0.6) is 0 Å². The van der Waals surface area contributed by atoms with Gasteiger partial charge >= 0.3 is 0 Å². The average Bonchev–Trinajstić information content (AvgIpc) is 3.32. The minimum Gasteiger partial charge on any atom is -0.383 e. The van der Waals surface area contributed by atoms with Crippen molar-refractivity contribution in [2.24, 2.45) is 0 Å². The largest absolute Gasteiger partial charge is 0.383 e. The Morgan fingerprint density at radius 3 is 2.56 bits per heavy atom. The number of nitrogens with one attached hydrogen (secondary N) is 1. The Kier molecular flexibility index (Phi) is 6.55. The number of fused-ring (bicyclic) bond motifs is 1. The molecule has 196 valence electrons. The van der Waals surface area contributed by atoms with E-state index < -0.39 is 11.6 Å². The Labute approximate surface area is 223 Å². The summed E-state index contributed by atoms with van der Waals surface area (Å²) in [7, 11) is 0. The standard InChI is InChI=1S/C28H26N8O3/c1-16(32-24-22(23(29)30-15-31-24)26-33-17(2)35-39-26)25-34-20-12-8-9-18(13-14-28(3,4)38)21(20)27(37)36(25)19-10-6-5-7-11-19/h5-12,15-16,38H,1-4H3,(H3,29,30,31,32)/t16-/m0/s1. The quantitative estimate of drug-likeness (QED) is 0.292. The van der Waals surface area contributed by atoms with Crippen molar-refractivity contribution in [2.45, 2.75) is 39.3 Å². The van der Waals surface area contributed by atoms with Gasteiger partial charge in [0.05, 0.1) is 22.6 Å². The predicted octanol–water partition coefficient (Wildman–Crippen LogP) is 3.41. The van der Waals surface area contributed by atoms with Gasteiger partial charge in [0.2, 0.25) is 0 Å². The SMILES string of the molecule is Cc1noc(-c2c(N)ncnc2N[C@@H](C)c2nc3cccc(C#CC(C)(C)O)c3c(=O)n2-c2ccccc2)n1. The molecule has 3 heterocycles. The monoisotopic (exact) mass is 522 g/mol. The predicted molar refractivity (Wildman–Crippen MR) is 147 cm³/mol. The van der Waals surface area contributed by atoms with E-state index in [1.807, 2.05) is 37.3 Å². The van der Waals surface area contributed by atoms with Gasteiger partial charge in [-0.2, -0.15) is 4.98 Å². The maximum atomic E-state index is 14.1. The van der Waals surface area contributed by atoms with Gasteiger partial charge in [-0.25, -0.2) is 15.0 Å². The first-order valence-corrected chi connectivity index (χ1v) is 12.2. The number of aryl methyl sites for hydroxylation is 1. The summed E-state index contributed by atoms with van der Waals surface area (Å²) in [6, 6.07) is 13.9. The summed E-state index contributed by atoms with van der Waals surface area (Å²) in [5.41, 5.74) is 6.55. The molecule has 0 bridgehead atoms. The molecule has 0 spiro atoms. The van der Waals surface area contributed by atoms with E-state index in [-0.39, 0.29) is 17.3 Å². The van der Waals surface area contributed by atoms with E-state index in [1.54, 1.807) is 39.0 Å². The highest BCUT2D eigenvalue weighted by molar-refractivity contribution is 5.85. The highest BCUT2D eigenvalue weighted by atomic mass is 16.5. The van der Waals surface area contributed by atoms with Crippen LogP contribution in [0.4, 0.5) is 11.6 Å². The van der Waals surface area contributed by atoms with Crippen LogP contribution >= 0.6 is 0 Å². The van der Waals surface area contributed by atoms with E-state index >= 15 is 0 Å².